The fraction of sp³-hybridized carbons (Fsp3) is 0.0556. The van der Waals surface area contributed by atoms with Gasteiger partial charge in [-0.25, -0.2) is 14.1 Å². The van der Waals surface area contributed by atoms with Gasteiger partial charge in [0.05, 0.1) is 22.3 Å². The first-order valence-electron chi connectivity index (χ1n) is 7.67. The summed E-state index contributed by atoms with van der Waals surface area (Å²) in [5.74, 6) is -0.106. The van der Waals surface area contributed by atoms with Crippen LogP contribution < -0.4 is 5.32 Å². The first-order chi connectivity index (χ1) is 12.1. The molecule has 0 radical (unpaired) electrons. The molecule has 2 N–H and O–H groups in total. The summed E-state index contributed by atoms with van der Waals surface area (Å²) in [6, 6.07) is 11.1. The van der Waals surface area contributed by atoms with Crippen LogP contribution >= 0.6 is 0 Å². The summed E-state index contributed by atoms with van der Waals surface area (Å²) < 4.78 is 15.2. The first kappa shape index (κ1) is 15.1. The summed E-state index contributed by atoms with van der Waals surface area (Å²) in [7, 11) is 0. The Morgan fingerprint density at radius 2 is 2.12 bits per heavy atom. The molecule has 0 aliphatic rings. The first-order valence-corrected chi connectivity index (χ1v) is 7.67. The Morgan fingerprint density at radius 3 is 2.92 bits per heavy atom. The predicted molar refractivity (Wildman–Crippen MR) is 92.3 cm³/mol. The van der Waals surface area contributed by atoms with Crippen molar-refractivity contribution in [2.45, 2.75) is 6.92 Å². The third-order valence-electron chi connectivity index (χ3n) is 3.81. The SMILES string of the molecule is Cc1nc2ccc(NC(=O)c3cc(F)ccc3-n3cccn3)cc2[nH]1. The molecule has 1 amide bonds. The van der Waals surface area contributed by atoms with E-state index in [1.54, 1.807) is 30.6 Å². The third-order valence-corrected chi connectivity index (χ3v) is 3.81. The summed E-state index contributed by atoms with van der Waals surface area (Å²) >= 11 is 0. The van der Waals surface area contributed by atoms with Crippen molar-refractivity contribution < 1.29 is 9.18 Å². The molecule has 25 heavy (non-hydrogen) atoms. The minimum atomic E-state index is -0.485. The van der Waals surface area contributed by atoms with Crippen molar-refractivity contribution in [3.63, 3.8) is 0 Å². The zero-order valence-corrected chi connectivity index (χ0v) is 13.3. The van der Waals surface area contributed by atoms with Gasteiger partial charge >= 0.3 is 0 Å². The minimum Gasteiger partial charge on any atom is -0.342 e. The van der Waals surface area contributed by atoms with Crippen LogP contribution in [-0.2, 0) is 0 Å². The normalized spacial score (nSPS) is 11.0. The zero-order valence-electron chi connectivity index (χ0n) is 13.3. The van der Waals surface area contributed by atoms with Crippen LogP contribution in [0.25, 0.3) is 16.7 Å². The molecule has 0 bridgehead atoms. The van der Waals surface area contributed by atoms with Crippen LogP contribution in [0, 0.1) is 12.7 Å². The van der Waals surface area contributed by atoms with Gasteiger partial charge in [0, 0.05) is 18.1 Å². The fourth-order valence-electron chi connectivity index (χ4n) is 2.71. The predicted octanol–water partition coefficient (Wildman–Crippen LogP) is 3.45. The Balaban J connectivity index is 1.69. The maximum atomic E-state index is 13.7. The number of nitrogens with zero attached hydrogens (tertiary/aromatic N) is 3. The number of halogens is 1. The molecule has 4 aromatic rings. The number of carbonyl (C=O) groups is 1. The summed E-state index contributed by atoms with van der Waals surface area (Å²) in [6.07, 6.45) is 3.29. The molecule has 124 valence electrons. The van der Waals surface area contributed by atoms with Gasteiger partial charge in [-0.15, -0.1) is 0 Å². The molecule has 4 rings (SSSR count). The number of anilines is 1. The number of aryl methyl sites for hydroxylation is 1. The highest BCUT2D eigenvalue weighted by Crippen LogP contribution is 2.20. The number of aromatic amines is 1. The van der Waals surface area contributed by atoms with E-state index in [-0.39, 0.29) is 5.56 Å². The Bertz CT molecular complexity index is 1070. The topological polar surface area (TPSA) is 75.6 Å². The molecule has 2 aromatic heterocycles. The van der Waals surface area contributed by atoms with E-state index in [0.717, 1.165) is 16.9 Å². The van der Waals surface area contributed by atoms with Crippen LogP contribution in [0.2, 0.25) is 0 Å². The van der Waals surface area contributed by atoms with Crippen molar-refractivity contribution in [2.75, 3.05) is 5.32 Å². The Hall–Kier alpha value is -3.48. The molecule has 0 fully saturated rings. The third kappa shape index (κ3) is 2.87. The molecule has 7 heteroatoms. The van der Waals surface area contributed by atoms with Gasteiger partial charge in [-0.05, 0) is 49.4 Å². The fourth-order valence-corrected chi connectivity index (χ4v) is 2.71. The van der Waals surface area contributed by atoms with Crippen molar-refractivity contribution in [2.24, 2.45) is 0 Å². The number of rotatable bonds is 3. The molecule has 0 atom stereocenters. The van der Waals surface area contributed by atoms with Gasteiger partial charge in [-0.2, -0.15) is 5.10 Å². The van der Waals surface area contributed by atoms with Crippen LogP contribution in [0.15, 0.2) is 54.9 Å². The van der Waals surface area contributed by atoms with Gasteiger partial charge in [0.15, 0.2) is 0 Å². The second-order valence-electron chi connectivity index (χ2n) is 5.62. The van der Waals surface area contributed by atoms with Crippen LogP contribution in [0.1, 0.15) is 16.2 Å². The largest absolute Gasteiger partial charge is 0.342 e. The van der Waals surface area contributed by atoms with Gasteiger partial charge in [0.2, 0.25) is 0 Å². The lowest BCUT2D eigenvalue weighted by atomic mass is 10.1. The second-order valence-corrected chi connectivity index (χ2v) is 5.62. The van der Waals surface area contributed by atoms with Gasteiger partial charge in [0.1, 0.15) is 11.6 Å². The van der Waals surface area contributed by atoms with Crippen LogP contribution in [0.5, 0.6) is 0 Å². The summed E-state index contributed by atoms with van der Waals surface area (Å²) in [5, 5.41) is 6.91. The Kier molecular flexibility index (Phi) is 3.53. The lowest BCUT2D eigenvalue weighted by Gasteiger charge is -2.10. The molecule has 6 nitrogen and oxygen atoms in total. The van der Waals surface area contributed by atoms with Gasteiger partial charge < -0.3 is 10.3 Å². The zero-order chi connectivity index (χ0) is 17.4. The molecule has 0 saturated carbocycles. The molecule has 2 heterocycles. The van der Waals surface area contributed by atoms with Gasteiger partial charge in [-0.1, -0.05) is 0 Å². The number of imidazole rings is 1. The number of fused-ring (bicyclic) bond motifs is 1. The molecular weight excluding hydrogens is 321 g/mol. The number of carbonyl (C=O) groups excluding carboxylic acids is 1. The lowest BCUT2D eigenvalue weighted by Crippen LogP contribution is -2.15. The average Bonchev–Trinajstić information content (AvgIpc) is 3.23. The molecule has 0 spiro atoms. The number of amides is 1. The molecule has 0 saturated heterocycles. The molecular formula is C18H14FN5O. The monoisotopic (exact) mass is 335 g/mol. The van der Waals surface area contributed by atoms with Crippen molar-refractivity contribution in [1.29, 1.82) is 0 Å². The van der Waals surface area contributed by atoms with Gasteiger partial charge in [-0.3, -0.25) is 4.79 Å². The van der Waals surface area contributed by atoms with E-state index in [9.17, 15) is 9.18 Å². The average molecular weight is 335 g/mol. The van der Waals surface area contributed by atoms with E-state index >= 15 is 0 Å². The Morgan fingerprint density at radius 1 is 1.24 bits per heavy atom. The highest BCUT2D eigenvalue weighted by molar-refractivity contribution is 6.07. The van der Waals surface area contributed by atoms with E-state index in [0.29, 0.717) is 11.4 Å². The number of H-pyrrole nitrogens is 1. The maximum absolute atomic E-state index is 13.7. The van der Waals surface area contributed by atoms with Crippen molar-refractivity contribution >= 4 is 22.6 Å². The van der Waals surface area contributed by atoms with Crippen LogP contribution in [0.3, 0.4) is 0 Å². The van der Waals surface area contributed by atoms with E-state index in [4.69, 9.17) is 0 Å². The van der Waals surface area contributed by atoms with Crippen molar-refractivity contribution in [3.05, 3.63) is 72.1 Å². The smallest absolute Gasteiger partial charge is 0.257 e. The standard InChI is InChI=1S/C18H14FN5O/c1-11-21-15-5-4-13(10-16(15)22-11)23-18(25)14-9-12(19)3-6-17(14)24-8-2-7-20-24/h2-10H,1H3,(H,21,22)(H,23,25). The highest BCUT2D eigenvalue weighted by Gasteiger charge is 2.15. The van der Waals surface area contributed by atoms with Crippen LogP contribution in [0.4, 0.5) is 10.1 Å². The molecule has 0 unspecified atom stereocenters. The van der Waals surface area contributed by atoms with E-state index in [2.05, 4.69) is 20.4 Å². The highest BCUT2D eigenvalue weighted by atomic mass is 19.1. The minimum absolute atomic E-state index is 0.199. The van der Waals surface area contributed by atoms with E-state index in [1.165, 1.54) is 22.9 Å². The van der Waals surface area contributed by atoms with E-state index < -0.39 is 11.7 Å². The number of nitrogens with one attached hydrogen (secondary N) is 2. The Labute approximate surface area is 142 Å². The number of benzene rings is 2. The van der Waals surface area contributed by atoms with Crippen LogP contribution in [-0.4, -0.2) is 25.7 Å². The number of hydrogen-bond acceptors (Lipinski definition) is 3. The maximum Gasteiger partial charge on any atom is 0.257 e. The number of aromatic nitrogens is 4. The second kappa shape index (κ2) is 5.86. The van der Waals surface area contributed by atoms with E-state index in [1.807, 2.05) is 13.0 Å². The summed E-state index contributed by atoms with van der Waals surface area (Å²) in [5.41, 5.74) is 2.93. The van der Waals surface area contributed by atoms with Crippen molar-refractivity contribution in [1.82, 2.24) is 19.7 Å². The molecule has 0 aliphatic carbocycles. The lowest BCUT2D eigenvalue weighted by molar-refractivity contribution is 0.102. The van der Waals surface area contributed by atoms with Crippen molar-refractivity contribution in [3.8, 4) is 5.69 Å². The molecule has 2 aromatic carbocycles. The number of hydrogen-bond donors (Lipinski definition) is 2. The quantitative estimate of drug-likeness (QED) is 0.602. The van der Waals surface area contributed by atoms with Gasteiger partial charge in [0.25, 0.3) is 5.91 Å². The summed E-state index contributed by atoms with van der Waals surface area (Å²) in [6.45, 7) is 1.86. The molecule has 0 aliphatic heterocycles. The summed E-state index contributed by atoms with van der Waals surface area (Å²) in [4.78, 5) is 20.1.